The van der Waals surface area contributed by atoms with Crippen molar-refractivity contribution < 1.29 is 10.1 Å². The first kappa shape index (κ1) is 15.2. The van der Waals surface area contributed by atoms with Gasteiger partial charge in [-0.05, 0) is 11.1 Å². The highest BCUT2D eigenvalue weighted by molar-refractivity contribution is 5.16. The van der Waals surface area contributed by atoms with Gasteiger partial charge >= 0.3 is 0 Å². The van der Waals surface area contributed by atoms with Crippen LogP contribution < -0.4 is 10.1 Å². The first-order chi connectivity index (χ1) is 10.7. The molecule has 0 aromatic heterocycles. The molecule has 1 aliphatic rings. The van der Waals surface area contributed by atoms with E-state index in [9.17, 15) is 10.4 Å². The normalized spacial score (nSPS) is 28.5. The Hall–Kier alpha value is -1.72. The number of hydroxylamine groups is 4. The van der Waals surface area contributed by atoms with E-state index < -0.39 is 0 Å². The van der Waals surface area contributed by atoms with Gasteiger partial charge in [-0.15, -0.1) is 0 Å². The Balaban J connectivity index is 1.61. The molecule has 0 saturated carbocycles. The molecule has 2 aromatic rings. The molecule has 1 aliphatic heterocycles. The minimum Gasteiger partial charge on any atom is -0.634 e. The van der Waals surface area contributed by atoms with Gasteiger partial charge < -0.3 is 20.5 Å². The summed E-state index contributed by atoms with van der Waals surface area (Å²) in [5, 5.41) is 25.3. The lowest BCUT2D eigenvalue weighted by molar-refractivity contribution is -1.00. The number of benzene rings is 2. The lowest BCUT2D eigenvalue weighted by Gasteiger charge is -2.45. The number of nitrogens with one attached hydrogen (secondary N) is 2. The summed E-state index contributed by atoms with van der Waals surface area (Å²) >= 11 is 0. The van der Waals surface area contributed by atoms with Gasteiger partial charge in [-0.2, -0.15) is 0 Å². The van der Waals surface area contributed by atoms with Crippen LogP contribution in [-0.2, 0) is 12.8 Å². The summed E-state index contributed by atoms with van der Waals surface area (Å²) in [4.78, 5) is 0. The van der Waals surface area contributed by atoms with Crippen molar-refractivity contribution in [3.8, 4) is 0 Å². The zero-order chi connectivity index (χ0) is 15.4. The van der Waals surface area contributed by atoms with Gasteiger partial charge in [0, 0.05) is 12.8 Å². The van der Waals surface area contributed by atoms with Crippen LogP contribution in [-0.4, -0.2) is 25.2 Å². The molecular formula is C18H22N2O2. The first-order valence-electron chi connectivity index (χ1n) is 7.85. The quantitative estimate of drug-likeness (QED) is 0.780. The minimum atomic E-state index is -0.137. The maximum Gasteiger partial charge on any atom is 0.141 e. The molecule has 4 heteroatoms. The second kappa shape index (κ2) is 7.03. The summed E-state index contributed by atoms with van der Waals surface area (Å²) in [6.07, 6.45) is 1.37. The first-order valence-corrected chi connectivity index (χ1v) is 7.85. The highest BCUT2D eigenvalue weighted by atomic mass is 16.5. The van der Waals surface area contributed by atoms with E-state index in [2.05, 4.69) is 0 Å². The van der Waals surface area contributed by atoms with E-state index in [1.807, 2.05) is 60.7 Å². The molecule has 4 atom stereocenters. The summed E-state index contributed by atoms with van der Waals surface area (Å²) < 4.78 is 0. The second-order valence-corrected chi connectivity index (χ2v) is 6.11. The Kier molecular flexibility index (Phi) is 4.85. The van der Waals surface area contributed by atoms with E-state index in [0.717, 1.165) is 11.1 Å². The number of hydrogen-bond acceptors (Lipinski definition) is 2. The van der Waals surface area contributed by atoms with Gasteiger partial charge in [0.15, 0.2) is 0 Å². The maximum absolute atomic E-state index is 12.4. The van der Waals surface area contributed by atoms with Gasteiger partial charge in [0.05, 0.1) is 0 Å². The average Bonchev–Trinajstić information content (AvgIpc) is 2.54. The van der Waals surface area contributed by atoms with Crippen molar-refractivity contribution in [2.24, 2.45) is 0 Å². The summed E-state index contributed by atoms with van der Waals surface area (Å²) in [7, 11) is 0. The summed E-state index contributed by atoms with van der Waals surface area (Å²) in [6, 6.07) is 19.6. The van der Waals surface area contributed by atoms with E-state index in [0.29, 0.717) is 25.9 Å². The maximum atomic E-state index is 12.4. The molecule has 1 heterocycles. The van der Waals surface area contributed by atoms with Crippen LogP contribution in [0.25, 0.3) is 0 Å². The second-order valence-electron chi connectivity index (χ2n) is 6.11. The topological polar surface area (TPSA) is 55.0 Å². The van der Waals surface area contributed by atoms with Gasteiger partial charge in [-0.1, -0.05) is 60.7 Å². The fraction of sp³-hybridized carbons (Fsp3) is 0.333. The van der Waals surface area contributed by atoms with Crippen LogP contribution in [0.1, 0.15) is 11.1 Å². The lowest BCUT2D eigenvalue weighted by Crippen LogP contribution is -3.29. The number of hydrogen-bond donors (Lipinski definition) is 2. The molecule has 4 unspecified atom stereocenters. The third-order valence-corrected chi connectivity index (χ3v) is 4.46. The molecule has 2 N–H and O–H groups in total. The van der Waals surface area contributed by atoms with Crippen LogP contribution in [0.4, 0.5) is 0 Å². The van der Waals surface area contributed by atoms with Crippen molar-refractivity contribution >= 4 is 0 Å². The van der Waals surface area contributed by atoms with E-state index in [4.69, 9.17) is 0 Å². The van der Waals surface area contributed by atoms with Crippen molar-refractivity contribution in [1.82, 2.24) is 0 Å². The van der Waals surface area contributed by atoms with Gasteiger partial charge in [0.2, 0.25) is 0 Å². The molecular weight excluding hydrogens is 276 g/mol. The van der Waals surface area contributed by atoms with Crippen molar-refractivity contribution in [2.75, 3.05) is 13.1 Å². The van der Waals surface area contributed by atoms with Gasteiger partial charge in [-0.25, -0.2) is 0 Å². The van der Waals surface area contributed by atoms with E-state index >= 15 is 0 Å². The Morgan fingerprint density at radius 2 is 1.05 bits per heavy atom. The van der Waals surface area contributed by atoms with Crippen LogP contribution in [0.2, 0.25) is 0 Å². The van der Waals surface area contributed by atoms with Crippen LogP contribution in [0, 0.1) is 10.4 Å². The summed E-state index contributed by atoms with van der Waals surface area (Å²) in [6.45, 7) is 0.788. The molecule has 22 heavy (non-hydrogen) atoms. The van der Waals surface area contributed by atoms with E-state index in [1.54, 1.807) is 0 Å². The van der Waals surface area contributed by atoms with Crippen molar-refractivity contribution in [2.45, 2.75) is 24.9 Å². The molecule has 116 valence electrons. The van der Waals surface area contributed by atoms with E-state index in [-0.39, 0.29) is 22.2 Å². The van der Waals surface area contributed by atoms with Crippen LogP contribution in [0.3, 0.4) is 0 Å². The summed E-state index contributed by atoms with van der Waals surface area (Å²) in [5.41, 5.74) is 2.27. The van der Waals surface area contributed by atoms with Crippen LogP contribution in [0.5, 0.6) is 0 Å². The summed E-state index contributed by atoms with van der Waals surface area (Å²) in [5.74, 6) is 0. The molecule has 0 radical (unpaired) electrons. The third-order valence-electron chi connectivity index (χ3n) is 4.46. The Morgan fingerprint density at radius 1 is 0.682 bits per heavy atom. The van der Waals surface area contributed by atoms with Crippen LogP contribution >= 0.6 is 0 Å². The number of quaternary nitrogens is 2. The molecule has 0 aliphatic carbocycles. The van der Waals surface area contributed by atoms with Crippen molar-refractivity contribution in [1.29, 1.82) is 0 Å². The fourth-order valence-electron chi connectivity index (χ4n) is 3.22. The molecule has 3 rings (SSSR count). The molecule has 0 amide bonds. The van der Waals surface area contributed by atoms with Gasteiger partial charge in [0.25, 0.3) is 0 Å². The monoisotopic (exact) mass is 298 g/mol. The SMILES string of the molecule is [O-][NH+]1CC(Cc2ccccc2)[NH+]([O-])CC1Cc1ccccc1. The molecule has 2 aromatic carbocycles. The van der Waals surface area contributed by atoms with Crippen LogP contribution in [0.15, 0.2) is 60.7 Å². The van der Waals surface area contributed by atoms with E-state index in [1.165, 1.54) is 0 Å². The predicted molar refractivity (Wildman–Crippen MR) is 86.3 cm³/mol. The molecule has 1 saturated heterocycles. The predicted octanol–water partition coefficient (Wildman–Crippen LogP) is -0.0120. The Morgan fingerprint density at radius 3 is 1.41 bits per heavy atom. The zero-order valence-corrected chi connectivity index (χ0v) is 12.6. The Bertz CT molecular complexity index is 523. The largest absolute Gasteiger partial charge is 0.634 e. The molecule has 1 fully saturated rings. The highest BCUT2D eigenvalue weighted by Crippen LogP contribution is 2.04. The highest BCUT2D eigenvalue weighted by Gasteiger charge is 2.33. The molecule has 4 nitrogen and oxygen atoms in total. The molecule has 0 spiro atoms. The third kappa shape index (κ3) is 3.72. The smallest absolute Gasteiger partial charge is 0.141 e. The number of rotatable bonds is 4. The average molecular weight is 298 g/mol. The van der Waals surface area contributed by atoms with Gasteiger partial charge in [-0.3, -0.25) is 0 Å². The number of piperazine rings is 1. The lowest BCUT2D eigenvalue weighted by atomic mass is 9.99. The van der Waals surface area contributed by atoms with Crippen molar-refractivity contribution in [3.05, 3.63) is 82.2 Å². The molecule has 0 bridgehead atoms. The fourth-order valence-corrected chi connectivity index (χ4v) is 3.22. The standard InChI is InChI=1S/C18H22N2O2/c21-19-14-18(12-16-9-5-2-6-10-16)20(22)13-17(19)11-15-7-3-1-4-8-15/h1-10,17-20H,11-14H2. The van der Waals surface area contributed by atoms with Crippen molar-refractivity contribution in [3.63, 3.8) is 0 Å². The zero-order valence-electron chi connectivity index (χ0n) is 12.6. The van der Waals surface area contributed by atoms with Gasteiger partial charge in [0.1, 0.15) is 25.2 Å². The minimum absolute atomic E-state index is 0.137. The Labute approximate surface area is 131 Å².